The van der Waals surface area contributed by atoms with Gasteiger partial charge in [-0.15, -0.1) is 0 Å². The largest absolute Gasteiger partial charge is 0.478 e. The second-order valence-corrected chi connectivity index (χ2v) is 4.96. The van der Waals surface area contributed by atoms with Gasteiger partial charge in [0.05, 0.1) is 5.56 Å². The number of aryl methyl sites for hydroxylation is 2. The Balaban J connectivity index is 2.36. The van der Waals surface area contributed by atoms with E-state index >= 15 is 0 Å². The fraction of sp³-hybridized carbons (Fsp3) is 0.133. The molecule has 3 N–H and O–H groups in total. The third-order valence-electron chi connectivity index (χ3n) is 2.90. The first-order valence-corrected chi connectivity index (χ1v) is 6.33. The molecule has 0 aliphatic heterocycles. The molecule has 104 valence electrons. The van der Waals surface area contributed by atoms with Crippen LogP contribution in [-0.2, 0) is 0 Å². The number of rotatable bonds is 3. The fourth-order valence-corrected chi connectivity index (χ4v) is 2.30. The van der Waals surface area contributed by atoms with Crippen molar-refractivity contribution in [2.24, 2.45) is 0 Å². The van der Waals surface area contributed by atoms with Crippen LogP contribution in [0.5, 0.6) is 11.5 Å². The molecule has 2 aromatic rings. The summed E-state index contributed by atoms with van der Waals surface area (Å²) in [5.41, 5.74) is 7.72. The molecule has 2 rings (SSSR count). The van der Waals surface area contributed by atoms with Crippen LogP contribution in [-0.4, -0.2) is 11.1 Å². The number of hydrogen-bond acceptors (Lipinski definition) is 3. The van der Waals surface area contributed by atoms with Crippen LogP contribution in [0.15, 0.2) is 30.3 Å². The Morgan fingerprint density at radius 2 is 1.80 bits per heavy atom. The number of carbonyl (C=O) groups is 1. The van der Waals surface area contributed by atoms with E-state index < -0.39 is 5.97 Å². The van der Waals surface area contributed by atoms with Crippen molar-refractivity contribution in [2.45, 2.75) is 13.8 Å². The zero-order valence-electron chi connectivity index (χ0n) is 11.1. The first-order chi connectivity index (χ1) is 9.38. The van der Waals surface area contributed by atoms with Gasteiger partial charge in [0.1, 0.15) is 11.5 Å². The summed E-state index contributed by atoms with van der Waals surface area (Å²) in [5, 5.41) is 9.58. The number of benzene rings is 2. The van der Waals surface area contributed by atoms with Gasteiger partial charge in [-0.3, -0.25) is 0 Å². The molecule has 20 heavy (non-hydrogen) atoms. The molecule has 0 fully saturated rings. The molecule has 0 bridgehead atoms. The number of carboxylic acids is 1. The van der Waals surface area contributed by atoms with E-state index in [9.17, 15) is 4.79 Å². The number of hydrogen-bond donors (Lipinski definition) is 2. The maximum absolute atomic E-state index is 10.9. The predicted molar refractivity (Wildman–Crippen MR) is 78.8 cm³/mol. The Morgan fingerprint density at radius 1 is 1.20 bits per heavy atom. The van der Waals surface area contributed by atoms with Crippen molar-refractivity contribution in [3.8, 4) is 11.5 Å². The Kier molecular flexibility index (Phi) is 3.86. The molecule has 0 saturated carbocycles. The number of anilines is 1. The van der Waals surface area contributed by atoms with Crippen molar-refractivity contribution >= 4 is 23.3 Å². The molecule has 5 heteroatoms. The number of aromatic carboxylic acids is 1. The third kappa shape index (κ3) is 2.86. The van der Waals surface area contributed by atoms with Gasteiger partial charge in [0.15, 0.2) is 0 Å². The van der Waals surface area contributed by atoms with Crippen molar-refractivity contribution in [1.82, 2.24) is 0 Å². The van der Waals surface area contributed by atoms with E-state index in [-0.39, 0.29) is 11.3 Å². The summed E-state index contributed by atoms with van der Waals surface area (Å²) >= 11 is 5.97. The average Bonchev–Trinajstić information content (AvgIpc) is 2.33. The Labute approximate surface area is 121 Å². The SMILES string of the molecule is Cc1cc(Cl)cc(C)c1Oc1ccc(C(=O)O)c(N)c1. The van der Waals surface area contributed by atoms with Crippen LogP contribution in [0.3, 0.4) is 0 Å². The van der Waals surface area contributed by atoms with Crippen LogP contribution in [0.4, 0.5) is 5.69 Å². The van der Waals surface area contributed by atoms with Gasteiger partial charge in [0.2, 0.25) is 0 Å². The first kappa shape index (κ1) is 14.2. The minimum Gasteiger partial charge on any atom is -0.478 e. The summed E-state index contributed by atoms with van der Waals surface area (Å²) in [4.78, 5) is 10.9. The van der Waals surface area contributed by atoms with Gasteiger partial charge in [-0.1, -0.05) is 11.6 Å². The summed E-state index contributed by atoms with van der Waals surface area (Å²) in [6.07, 6.45) is 0. The highest BCUT2D eigenvalue weighted by Crippen LogP contribution is 2.32. The molecule has 0 atom stereocenters. The Bertz CT molecular complexity index is 660. The minimum atomic E-state index is -1.06. The maximum Gasteiger partial charge on any atom is 0.337 e. The van der Waals surface area contributed by atoms with E-state index in [0.717, 1.165) is 11.1 Å². The van der Waals surface area contributed by atoms with E-state index in [2.05, 4.69) is 0 Å². The summed E-state index contributed by atoms with van der Waals surface area (Å²) in [5.74, 6) is 0.116. The molecule has 0 aliphatic carbocycles. The molecule has 0 saturated heterocycles. The van der Waals surface area contributed by atoms with Crippen molar-refractivity contribution in [1.29, 1.82) is 0 Å². The van der Waals surface area contributed by atoms with E-state index in [4.69, 9.17) is 27.2 Å². The monoisotopic (exact) mass is 291 g/mol. The second-order valence-electron chi connectivity index (χ2n) is 4.52. The maximum atomic E-state index is 10.9. The highest BCUT2D eigenvalue weighted by atomic mass is 35.5. The molecule has 0 spiro atoms. The molecular weight excluding hydrogens is 278 g/mol. The molecule has 0 unspecified atom stereocenters. The Morgan fingerprint density at radius 3 is 2.30 bits per heavy atom. The van der Waals surface area contributed by atoms with Crippen LogP contribution in [0.1, 0.15) is 21.5 Å². The summed E-state index contributed by atoms with van der Waals surface area (Å²) < 4.78 is 5.78. The third-order valence-corrected chi connectivity index (χ3v) is 3.12. The fourth-order valence-electron chi connectivity index (χ4n) is 1.98. The second kappa shape index (κ2) is 5.43. The summed E-state index contributed by atoms with van der Waals surface area (Å²) in [6.45, 7) is 3.78. The van der Waals surface area contributed by atoms with E-state index in [0.29, 0.717) is 16.5 Å². The van der Waals surface area contributed by atoms with Gasteiger partial charge in [-0.25, -0.2) is 4.79 Å². The van der Waals surface area contributed by atoms with Crippen LogP contribution in [0.2, 0.25) is 5.02 Å². The van der Waals surface area contributed by atoms with E-state index in [1.54, 1.807) is 18.2 Å². The van der Waals surface area contributed by atoms with Gasteiger partial charge >= 0.3 is 5.97 Å². The number of carboxylic acid groups (broad SMARTS) is 1. The van der Waals surface area contributed by atoms with Crippen molar-refractivity contribution in [3.63, 3.8) is 0 Å². The first-order valence-electron chi connectivity index (χ1n) is 5.96. The molecule has 0 amide bonds. The van der Waals surface area contributed by atoms with Crippen LogP contribution >= 0.6 is 11.6 Å². The van der Waals surface area contributed by atoms with Gasteiger partial charge < -0.3 is 15.6 Å². The lowest BCUT2D eigenvalue weighted by atomic mass is 10.1. The number of nitrogen functional groups attached to an aromatic ring is 1. The smallest absolute Gasteiger partial charge is 0.337 e. The van der Waals surface area contributed by atoms with Gasteiger partial charge in [-0.2, -0.15) is 0 Å². The topological polar surface area (TPSA) is 72.5 Å². The standard InChI is InChI=1S/C15H14ClNO3/c1-8-5-10(16)6-9(2)14(8)20-11-3-4-12(15(18)19)13(17)7-11/h3-7H,17H2,1-2H3,(H,18,19). The van der Waals surface area contributed by atoms with E-state index in [1.807, 2.05) is 13.8 Å². The molecule has 0 radical (unpaired) electrons. The molecule has 2 aromatic carbocycles. The van der Waals surface area contributed by atoms with Crippen molar-refractivity contribution < 1.29 is 14.6 Å². The molecule has 4 nitrogen and oxygen atoms in total. The van der Waals surface area contributed by atoms with Gasteiger partial charge in [0, 0.05) is 16.8 Å². The minimum absolute atomic E-state index is 0.0573. The van der Waals surface area contributed by atoms with Gasteiger partial charge in [0.25, 0.3) is 0 Å². The number of ether oxygens (including phenoxy) is 1. The van der Waals surface area contributed by atoms with E-state index in [1.165, 1.54) is 12.1 Å². The summed E-state index contributed by atoms with van der Waals surface area (Å²) in [7, 11) is 0. The zero-order chi connectivity index (χ0) is 14.9. The number of nitrogens with two attached hydrogens (primary N) is 1. The highest BCUT2D eigenvalue weighted by molar-refractivity contribution is 6.30. The summed E-state index contributed by atoms with van der Waals surface area (Å²) in [6, 6.07) is 8.11. The molecule has 0 heterocycles. The molecule has 0 aromatic heterocycles. The highest BCUT2D eigenvalue weighted by Gasteiger charge is 2.11. The predicted octanol–water partition coefficient (Wildman–Crippen LogP) is 4.03. The molecule has 0 aliphatic rings. The quantitative estimate of drug-likeness (QED) is 0.837. The van der Waals surface area contributed by atoms with Crippen LogP contribution in [0.25, 0.3) is 0 Å². The number of halogens is 1. The average molecular weight is 292 g/mol. The van der Waals surface area contributed by atoms with Gasteiger partial charge in [-0.05, 0) is 49.2 Å². The van der Waals surface area contributed by atoms with Crippen molar-refractivity contribution in [3.05, 3.63) is 52.0 Å². The lowest BCUT2D eigenvalue weighted by molar-refractivity contribution is 0.0698. The van der Waals surface area contributed by atoms with Crippen LogP contribution in [0, 0.1) is 13.8 Å². The zero-order valence-corrected chi connectivity index (χ0v) is 11.9. The lowest BCUT2D eigenvalue weighted by Crippen LogP contribution is -2.02. The normalized spacial score (nSPS) is 10.3. The Hall–Kier alpha value is -2.20. The van der Waals surface area contributed by atoms with Crippen molar-refractivity contribution in [2.75, 3.05) is 5.73 Å². The molecular formula is C15H14ClNO3. The lowest BCUT2D eigenvalue weighted by Gasteiger charge is -2.13. The van der Waals surface area contributed by atoms with Crippen LogP contribution < -0.4 is 10.5 Å².